The Morgan fingerprint density at radius 3 is 1.24 bits per heavy atom. The molecule has 54 heavy (non-hydrogen) atoms. The van der Waals surface area contributed by atoms with Gasteiger partial charge in [0.15, 0.2) is 5.66 Å². The Morgan fingerprint density at radius 2 is 0.778 bits per heavy atom. The van der Waals surface area contributed by atoms with E-state index in [1.165, 1.54) is 27.1 Å². The summed E-state index contributed by atoms with van der Waals surface area (Å²) in [7, 11) is 0. The molecule has 0 saturated heterocycles. The van der Waals surface area contributed by atoms with Crippen LogP contribution in [-0.2, 0) is 5.66 Å². The summed E-state index contributed by atoms with van der Waals surface area (Å²) < 4.78 is 4.34. The quantitative estimate of drug-likeness (QED) is 0.156. The number of nitrogens with zero attached hydrogens (tertiary/aromatic N) is 4. The van der Waals surface area contributed by atoms with Gasteiger partial charge in [-0.2, -0.15) is 10.2 Å². The van der Waals surface area contributed by atoms with E-state index < -0.39 is 5.66 Å². The Balaban J connectivity index is 1.24. The molecular weight excluding hydrogens is 657 g/mol. The van der Waals surface area contributed by atoms with Gasteiger partial charge in [-0.05, 0) is 74.7 Å². The molecule has 0 aliphatic heterocycles. The zero-order valence-corrected chi connectivity index (χ0v) is 29.6. The first-order valence-electron chi connectivity index (χ1n) is 18.5. The number of hydrogen-bond donors (Lipinski definition) is 0. The van der Waals surface area contributed by atoms with Crippen LogP contribution in [0.2, 0.25) is 0 Å². The number of rotatable bonds is 7. The van der Waals surface area contributed by atoms with E-state index in [0.717, 1.165) is 45.0 Å². The van der Waals surface area contributed by atoms with Gasteiger partial charge in [0.25, 0.3) is 0 Å². The molecular formula is C50H36N4. The summed E-state index contributed by atoms with van der Waals surface area (Å²) in [6.45, 7) is 0. The second-order valence-corrected chi connectivity index (χ2v) is 13.9. The zero-order valence-electron chi connectivity index (χ0n) is 29.6. The summed E-state index contributed by atoms with van der Waals surface area (Å²) in [6.07, 6.45) is 9.18. The fourth-order valence-corrected chi connectivity index (χ4v) is 7.80. The molecule has 0 amide bonds. The molecule has 0 saturated carbocycles. The summed E-state index contributed by atoms with van der Waals surface area (Å²) in [5, 5.41) is 15.9. The molecule has 0 bridgehead atoms. The lowest BCUT2D eigenvalue weighted by atomic mass is 9.90. The number of allylic oxidation sites excluding steroid dienone is 4. The smallest absolute Gasteiger partial charge is 0.192 e. The number of aromatic nitrogens is 4. The van der Waals surface area contributed by atoms with Crippen LogP contribution in [0.1, 0.15) is 11.5 Å². The van der Waals surface area contributed by atoms with Crippen molar-refractivity contribution in [1.29, 1.82) is 0 Å². The van der Waals surface area contributed by atoms with Crippen molar-refractivity contribution in [3.8, 4) is 45.0 Å². The Labute approximate surface area is 314 Å². The second-order valence-electron chi connectivity index (χ2n) is 13.9. The van der Waals surface area contributed by atoms with Gasteiger partial charge in [0, 0.05) is 17.0 Å². The molecule has 9 aromatic rings. The molecule has 0 spiro atoms. The number of fused-ring (bicyclic) bond motifs is 2. The Bertz CT molecular complexity index is 2650. The van der Waals surface area contributed by atoms with E-state index in [1.807, 2.05) is 0 Å². The molecule has 1 aliphatic rings. The number of hydrogen-bond acceptors (Lipinski definition) is 2. The molecule has 4 heteroatoms. The highest BCUT2D eigenvalue weighted by atomic mass is 15.5. The molecule has 1 aliphatic carbocycles. The van der Waals surface area contributed by atoms with Crippen molar-refractivity contribution in [3.05, 3.63) is 218 Å². The molecule has 0 atom stereocenters. The van der Waals surface area contributed by atoms with Crippen molar-refractivity contribution in [1.82, 2.24) is 19.6 Å². The standard InChI is InChI=1S/C50H36N4/c1-4-14-36(15-5-1)39-28-30-50(31-29-39,53-48(40-18-6-2-7-19-40)34-46(51-53)44-26-24-37-16-10-12-22-42(37)32-44)54-49(41-20-8-3-9-21-41)35-47(52-54)45-27-25-38-17-11-13-23-43(38)33-45/h1-35,39H. The van der Waals surface area contributed by atoms with Crippen LogP contribution >= 0.6 is 0 Å². The third kappa shape index (κ3) is 5.56. The topological polar surface area (TPSA) is 35.6 Å². The summed E-state index contributed by atoms with van der Waals surface area (Å²) in [4.78, 5) is 0. The highest BCUT2D eigenvalue weighted by Gasteiger charge is 2.38. The third-order valence-electron chi connectivity index (χ3n) is 10.6. The summed E-state index contributed by atoms with van der Waals surface area (Å²) in [5.41, 5.74) is 8.35. The minimum Gasteiger partial charge on any atom is -0.229 e. The van der Waals surface area contributed by atoms with Crippen LogP contribution in [0.25, 0.3) is 66.6 Å². The van der Waals surface area contributed by atoms with E-state index in [2.05, 4.69) is 222 Å². The van der Waals surface area contributed by atoms with Crippen molar-refractivity contribution >= 4 is 21.5 Å². The van der Waals surface area contributed by atoms with E-state index in [9.17, 15) is 0 Å². The zero-order chi connectivity index (χ0) is 35.9. The molecule has 256 valence electrons. The maximum Gasteiger partial charge on any atom is 0.192 e. The highest BCUT2D eigenvalue weighted by Crippen LogP contribution is 2.41. The monoisotopic (exact) mass is 692 g/mol. The number of benzene rings is 7. The van der Waals surface area contributed by atoms with Crippen molar-refractivity contribution in [2.45, 2.75) is 11.6 Å². The van der Waals surface area contributed by atoms with Crippen LogP contribution in [-0.4, -0.2) is 19.6 Å². The SMILES string of the molecule is C1=CC(n2nc(-c3ccc4ccccc4c3)cc2-c2ccccc2)(n2nc(-c3ccc4ccccc4c3)cc2-c2ccccc2)C=CC1c1ccccc1. The first-order valence-corrected chi connectivity index (χ1v) is 18.5. The predicted molar refractivity (Wildman–Crippen MR) is 222 cm³/mol. The van der Waals surface area contributed by atoms with Gasteiger partial charge in [-0.3, -0.25) is 0 Å². The van der Waals surface area contributed by atoms with Crippen LogP contribution < -0.4 is 0 Å². The first kappa shape index (κ1) is 31.7. The van der Waals surface area contributed by atoms with E-state index in [-0.39, 0.29) is 5.92 Å². The fourth-order valence-electron chi connectivity index (χ4n) is 7.80. The Kier molecular flexibility index (Phi) is 7.73. The van der Waals surface area contributed by atoms with Crippen molar-refractivity contribution in [2.75, 3.05) is 0 Å². The van der Waals surface area contributed by atoms with Gasteiger partial charge in [0.2, 0.25) is 0 Å². The van der Waals surface area contributed by atoms with Crippen LogP contribution in [0.4, 0.5) is 0 Å². The summed E-state index contributed by atoms with van der Waals surface area (Å²) >= 11 is 0. The van der Waals surface area contributed by atoms with Gasteiger partial charge in [-0.15, -0.1) is 0 Å². The van der Waals surface area contributed by atoms with Crippen molar-refractivity contribution < 1.29 is 0 Å². The highest BCUT2D eigenvalue weighted by molar-refractivity contribution is 5.88. The van der Waals surface area contributed by atoms with Crippen LogP contribution in [0.15, 0.2) is 212 Å². The van der Waals surface area contributed by atoms with Crippen LogP contribution in [0, 0.1) is 0 Å². The Hall–Kier alpha value is -7.04. The maximum absolute atomic E-state index is 5.54. The van der Waals surface area contributed by atoms with Gasteiger partial charge in [0.05, 0.1) is 22.8 Å². The minimum atomic E-state index is -0.939. The Morgan fingerprint density at radius 1 is 0.370 bits per heavy atom. The van der Waals surface area contributed by atoms with Gasteiger partial charge in [-0.25, -0.2) is 9.36 Å². The molecule has 10 rings (SSSR count). The molecule has 2 aromatic heterocycles. The van der Waals surface area contributed by atoms with Crippen LogP contribution in [0.3, 0.4) is 0 Å². The molecule has 0 unspecified atom stereocenters. The average molecular weight is 693 g/mol. The average Bonchev–Trinajstić information content (AvgIpc) is 3.92. The fraction of sp³-hybridized carbons (Fsp3) is 0.0400. The van der Waals surface area contributed by atoms with E-state index >= 15 is 0 Å². The molecule has 0 N–H and O–H groups in total. The molecule has 2 heterocycles. The lowest BCUT2D eigenvalue weighted by molar-refractivity contribution is 0.326. The lowest BCUT2D eigenvalue weighted by Crippen LogP contribution is -2.41. The molecule has 4 nitrogen and oxygen atoms in total. The first-order chi connectivity index (χ1) is 26.7. The van der Waals surface area contributed by atoms with E-state index in [4.69, 9.17) is 10.2 Å². The van der Waals surface area contributed by atoms with E-state index in [1.54, 1.807) is 0 Å². The van der Waals surface area contributed by atoms with Gasteiger partial charge in [0.1, 0.15) is 0 Å². The van der Waals surface area contributed by atoms with Gasteiger partial charge in [-0.1, -0.05) is 176 Å². The largest absolute Gasteiger partial charge is 0.229 e. The van der Waals surface area contributed by atoms with Crippen LogP contribution in [0.5, 0.6) is 0 Å². The molecule has 7 aromatic carbocycles. The van der Waals surface area contributed by atoms with Gasteiger partial charge >= 0.3 is 0 Å². The van der Waals surface area contributed by atoms with Crippen molar-refractivity contribution in [2.24, 2.45) is 0 Å². The summed E-state index contributed by atoms with van der Waals surface area (Å²) in [5.74, 6) is 0.103. The maximum atomic E-state index is 5.54. The van der Waals surface area contributed by atoms with Crippen molar-refractivity contribution in [3.63, 3.8) is 0 Å². The van der Waals surface area contributed by atoms with E-state index in [0.29, 0.717) is 0 Å². The minimum absolute atomic E-state index is 0.103. The summed E-state index contributed by atoms with van der Waals surface area (Å²) in [6, 6.07) is 66.4. The predicted octanol–water partition coefficient (Wildman–Crippen LogP) is 12.2. The van der Waals surface area contributed by atoms with Gasteiger partial charge < -0.3 is 0 Å². The third-order valence-corrected chi connectivity index (χ3v) is 10.6. The molecule has 0 radical (unpaired) electrons. The second kappa shape index (κ2) is 13.2. The lowest BCUT2D eigenvalue weighted by Gasteiger charge is -2.35. The normalized spacial score (nSPS) is 13.9. The molecule has 0 fully saturated rings.